The van der Waals surface area contributed by atoms with Crippen LogP contribution in [0.1, 0.15) is 36.2 Å². The molecule has 1 aromatic heterocycles. The van der Waals surface area contributed by atoms with E-state index in [0.29, 0.717) is 11.4 Å². The summed E-state index contributed by atoms with van der Waals surface area (Å²) in [5.41, 5.74) is 2.29. The Bertz CT molecular complexity index is 744. The summed E-state index contributed by atoms with van der Waals surface area (Å²) in [7, 11) is 1.75. The van der Waals surface area contributed by atoms with E-state index in [2.05, 4.69) is 10.2 Å². The second kappa shape index (κ2) is 8.56. The quantitative estimate of drug-likeness (QED) is 0.837. The summed E-state index contributed by atoms with van der Waals surface area (Å²) in [5, 5.41) is 2.76. The highest BCUT2D eigenvalue weighted by Crippen LogP contribution is 2.21. The molecule has 26 heavy (non-hydrogen) atoms. The zero-order chi connectivity index (χ0) is 18.4. The number of hydrogen-bond acceptors (Lipinski definition) is 4. The minimum atomic E-state index is -0.510. The first-order valence-electron chi connectivity index (χ1n) is 9.07. The Morgan fingerprint density at radius 2 is 1.73 bits per heavy atom. The lowest BCUT2D eigenvalue weighted by Crippen LogP contribution is -2.24. The van der Waals surface area contributed by atoms with Gasteiger partial charge in [-0.2, -0.15) is 0 Å². The van der Waals surface area contributed by atoms with Crippen molar-refractivity contribution in [3.63, 3.8) is 0 Å². The molecule has 1 saturated heterocycles. The Labute approximate surface area is 153 Å². The molecule has 6 nitrogen and oxygen atoms in total. The minimum Gasteiger partial charge on any atom is -0.451 e. The van der Waals surface area contributed by atoms with Crippen molar-refractivity contribution in [1.29, 1.82) is 0 Å². The SMILES string of the molecule is Cn1cccc1C(=O)OCC(=O)Nc1ccc(N2CCCCCC2)cc1. The zero-order valence-corrected chi connectivity index (χ0v) is 15.1. The predicted octanol–water partition coefficient (Wildman–Crippen LogP) is 3.20. The number of nitrogens with zero attached hydrogens (tertiary/aromatic N) is 2. The average molecular weight is 355 g/mol. The maximum Gasteiger partial charge on any atom is 0.355 e. The van der Waals surface area contributed by atoms with Crippen molar-refractivity contribution in [2.75, 3.05) is 29.9 Å². The first-order chi connectivity index (χ1) is 12.6. The lowest BCUT2D eigenvalue weighted by molar-refractivity contribution is -0.119. The summed E-state index contributed by atoms with van der Waals surface area (Å²) in [6.07, 6.45) is 6.80. The molecule has 1 aromatic carbocycles. The predicted molar refractivity (Wildman–Crippen MR) is 101 cm³/mol. The van der Waals surface area contributed by atoms with Gasteiger partial charge in [-0.05, 0) is 49.2 Å². The number of carbonyl (C=O) groups is 2. The summed E-state index contributed by atoms with van der Waals surface area (Å²) < 4.78 is 6.71. The summed E-state index contributed by atoms with van der Waals surface area (Å²) in [4.78, 5) is 26.3. The van der Waals surface area contributed by atoms with Gasteiger partial charge in [0.05, 0.1) is 0 Å². The van der Waals surface area contributed by atoms with Crippen LogP contribution in [0.25, 0.3) is 0 Å². The van der Waals surface area contributed by atoms with Crippen LogP contribution in [0.15, 0.2) is 42.6 Å². The Morgan fingerprint density at radius 3 is 2.35 bits per heavy atom. The van der Waals surface area contributed by atoms with Gasteiger partial charge in [0.1, 0.15) is 5.69 Å². The third-order valence-corrected chi connectivity index (χ3v) is 4.61. The van der Waals surface area contributed by atoms with Crippen molar-refractivity contribution in [3.05, 3.63) is 48.3 Å². The molecular weight excluding hydrogens is 330 g/mol. The average Bonchev–Trinajstić information content (AvgIpc) is 2.90. The van der Waals surface area contributed by atoms with Crippen LogP contribution in [-0.4, -0.2) is 36.1 Å². The molecular formula is C20H25N3O3. The second-order valence-corrected chi connectivity index (χ2v) is 6.58. The third kappa shape index (κ3) is 4.65. The molecule has 0 bridgehead atoms. The number of aromatic nitrogens is 1. The molecule has 6 heteroatoms. The molecule has 1 fully saturated rings. The molecule has 138 valence electrons. The number of nitrogens with one attached hydrogen (secondary N) is 1. The van der Waals surface area contributed by atoms with Gasteiger partial charge in [0.25, 0.3) is 5.91 Å². The van der Waals surface area contributed by atoms with Gasteiger partial charge in [-0.25, -0.2) is 4.79 Å². The molecule has 1 amide bonds. The monoisotopic (exact) mass is 355 g/mol. The number of rotatable bonds is 5. The van der Waals surface area contributed by atoms with E-state index in [9.17, 15) is 9.59 Å². The van der Waals surface area contributed by atoms with Crippen LogP contribution in [-0.2, 0) is 16.6 Å². The topological polar surface area (TPSA) is 63.6 Å². The molecule has 0 aliphatic carbocycles. The Kier molecular flexibility index (Phi) is 5.94. The zero-order valence-electron chi connectivity index (χ0n) is 15.1. The number of anilines is 2. The van der Waals surface area contributed by atoms with Gasteiger partial charge < -0.3 is 19.5 Å². The smallest absolute Gasteiger partial charge is 0.355 e. The number of amides is 1. The van der Waals surface area contributed by atoms with Gasteiger partial charge in [0.2, 0.25) is 0 Å². The normalized spacial score (nSPS) is 14.6. The Balaban J connectivity index is 1.49. The lowest BCUT2D eigenvalue weighted by Gasteiger charge is -2.22. The van der Waals surface area contributed by atoms with E-state index in [1.54, 1.807) is 29.9 Å². The highest BCUT2D eigenvalue weighted by atomic mass is 16.5. The number of hydrogen-bond donors (Lipinski definition) is 1. The highest BCUT2D eigenvalue weighted by molar-refractivity contribution is 5.95. The van der Waals surface area contributed by atoms with Crippen LogP contribution < -0.4 is 10.2 Å². The molecule has 0 spiro atoms. The fourth-order valence-electron chi connectivity index (χ4n) is 3.16. The molecule has 0 saturated carbocycles. The van der Waals surface area contributed by atoms with Crippen molar-refractivity contribution in [1.82, 2.24) is 4.57 Å². The van der Waals surface area contributed by atoms with Crippen molar-refractivity contribution in [2.24, 2.45) is 7.05 Å². The maximum atomic E-state index is 12.0. The van der Waals surface area contributed by atoms with E-state index >= 15 is 0 Å². The van der Waals surface area contributed by atoms with Gasteiger partial charge >= 0.3 is 5.97 Å². The highest BCUT2D eigenvalue weighted by Gasteiger charge is 2.13. The van der Waals surface area contributed by atoms with E-state index in [4.69, 9.17) is 4.74 Å². The third-order valence-electron chi connectivity index (χ3n) is 4.61. The standard InChI is InChI=1S/C20H25N3O3/c1-22-12-6-7-18(22)20(25)26-15-19(24)21-16-8-10-17(11-9-16)23-13-4-2-3-5-14-23/h6-12H,2-5,13-15H2,1H3,(H,21,24). The van der Waals surface area contributed by atoms with Crippen LogP contribution in [0.2, 0.25) is 0 Å². The first kappa shape index (κ1) is 18.0. The van der Waals surface area contributed by atoms with Crippen LogP contribution >= 0.6 is 0 Å². The minimum absolute atomic E-state index is 0.308. The van der Waals surface area contributed by atoms with Crippen LogP contribution in [0.4, 0.5) is 11.4 Å². The van der Waals surface area contributed by atoms with Gasteiger partial charge in [-0.15, -0.1) is 0 Å². The molecule has 0 atom stereocenters. The van der Waals surface area contributed by atoms with Crippen molar-refractivity contribution >= 4 is 23.3 Å². The van der Waals surface area contributed by atoms with Crippen molar-refractivity contribution in [3.8, 4) is 0 Å². The Morgan fingerprint density at radius 1 is 1.04 bits per heavy atom. The molecule has 1 N–H and O–H groups in total. The molecule has 2 heterocycles. The fourth-order valence-corrected chi connectivity index (χ4v) is 3.16. The van der Waals surface area contributed by atoms with E-state index in [-0.39, 0.29) is 12.5 Å². The molecule has 1 aliphatic rings. The summed E-state index contributed by atoms with van der Waals surface area (Å²) in [5.74, 6) is -0.862. The van der Waals surface area contributed by atoms with Crippen molar-refractivity contribution in [2.45, 2.75) is 25.7 Å². The number of aryl methyl sites for hydroxylation is 1. The van der Waals surface area contributed by atoms with Gasteiger partial charge in [0, 0.05) is 37.7 Å². The van der Waals surface area contributed by atoms with Crippen LogP contribution in [0, 0.1) is 0 Å². The number of ether oxygens (including phenoxy) is 1. The first-order valence-corrected chi connectivity index (χ1v) is 9.07. The van der Waals surface area contributed by atoms with E-state index in [1.807, 2.05) is 24.3 Å². The molecule has 0 unspecified atom stereocenters. The second-order valence-electron chi connectivity index (χ2n) is 6.58. The summed E-state index contributed by atoms with van der Waals surface area (Å²) in [6.45, 7) is 1.86. The lowest BCUT2D eigenvalue weighted by atomic mass is 10.2. The summed E-state index contributed by atoms with van der Waals surface area (Å²) >= 11 is 0. The summed E-state index contributed by atoms with van der Waals surface area (Å²) in [6, 6.07) is 11.2. The Hall–Kier alpha value is -2.76. The van der Waals surface area contributed by atoms with Gasteiger partial charge in [0.15, 0.2) is 6.61 Å². The number of benzene rings is 1. The molecule has 2 aromatic rings. The van der Waals surface area contributed by atoms with Crippen LogP contribution in [0.3, 0.4) is 0 Å². The van der Waals surface area contributed by atoms with Crippen molar-refractivity contribution < 1.29 is 14.3 Å². The fraction of sp³-hybridized carbons (Fsp3) is 0.400. The number of carbonyl (C=O) groups excluding carboxylic acids is 2. The van der Waals surface area contributed by atoms with E-state index < -0.39 is 5.97 Å². The number of esters is 1. The maximum absolute atomic E-state index is 12.0. The molecule has 0 radical (unpaired) electrons. The van der Waals surface area contributed by atoms with Gasteiger partial charge in [-0.1, -0.05) is 12.8 Å². The molecule has 1 aliphatic heterocycles. The van der Waals surface area contributed by atoms with E-state index in [1.165, 1.54) is 31.4 Å². The van der Waals surface area contributed by atoms with E-state index in [0.717, 1.165) is 13.1 Å². The van der Waals surface area contributed by atoms with Crippen LogP contribution in [0.5, 0.6) is 0 Å². The largest absolute Gasteiger partial charge is 0.451 e. The van der Waals surface area contributed by atoms with Gasteiger partial charge in [-0.3, -0.25) is 4.79 Å². The molecule has 3 rings (SSSR count).